The Balaban J connectivity index is 1.64. The van der Waals surface area contributed by atoms with Crippen LogP contribution in [0, 0.1) is 11.3 Å². The molecule has 0 aliphatic carbocycles. The molecule has 5 nitrogen and oxygen atoms in total. The fraction of sp³-hybridized carbons (Fsp3) is 0.350. The number of nitrogens with one attached hydrogen (secondary N) is 1. The molecule has 1 aliphatic rings. The molecule has 29 heavy (non-hydrogen) atoms. The fourth-order valence-corrected chi connectivity index (χ4v) is 3.82. The van der Waals surface area contributed by atoms with Crippen molar-refractivity contribution >= 4 is 23.4 Å². The van der Waals surface area contributed by atoms with E-state index in [4.69, 9.17) is 0 Å². The number of fused-ring (bicyclic) bond motifs is 1. The van der Waals surface area contributed by atoms with Crippen LogP contribution in [0.15, 0.2) is 35.4 Å². The van der Waals surface area contributed by atoms with Crippen LogP contribution < -0.4 is 5.32 Å². The standard InChI is InChI=1S/C20H19F3N4OS/c1-2-27-8-7-17-14(11-27)9-13(10-24)19(26-17)29-12-18(28)25-16-5-3-15(4-6-16)20(21,22)23/h3-6,9H,2,7-8,11-12H2,1H3,(H,25,28). The number of alkyl halides is 3. The highest BCUT2D eigenvalue weighted by molar-refractivity contribution is 8.00. The van der Waals surface area contributed by atoms with Crippen LogP contribution in [-0.4, -0.2) is 34.6 Å². The maximum atomic E-state index is 12.6. The number of nitrogens with zero attached hydrogens (tertiary/aromatic N) is 3. The van der Waals surface area contributed by atoms with Crippen molar-refractivity contribution in [3.05, 3.63) is 52.7 Å². The minimum Gasteiger partial charge on any atom is -0.325 e. The normalized spacial score (nSPS) is 14.2. The van der Waals surface area contributed by atoms with Crippen LogP contribution in [0.4, 0.5) is 18.9 Å². The highest BCUT2D eigenvalue weighted by Crippen LogP contribution is 2.30. The molecule has 1 aromatic carbocycles. The van der Waals surface area contributed by atoms with Gasteiger partial charge in [0.1, 0.15) is 11.1 Å². The minimum absolute atomic E-state index is 0.00255. The molecule has 0 saturated carbocycles. The van der Waals surface area contributed by atoms with Gasteiger partial charge < -0.3 is 5.32 Å². The summed E-state index contributed by atoms with van der Waals surface area (Å²) in [7, 11) is 0. The van der Waals surface area contributed by atoms with E-state index in [9.17, 15) is 23.2 Å². The molecule has 152 valence electrons. The Kier molecular flexibility index (Phi) is 6.45. The molecule has 0 unspecified atom stereocenters. The summed E-state index contributed by atoms with van der Waals surface area (Å²) < 4.78 is 37.8. The van der Waals surface area contributed by atoms with Crippen LogP contribution in [0.3, 0.4) is 0 Å². The van der Waals surface area contributed by atoms with Gasteiger partial charge in [-0.05, 0) is 42.4 Å². The van der Waals surface area contributed by atoms with Crippen LogP contribution in [0.1, 0.15) is 29.3 Å². The smallest absolute Gasteiger partial charge is 0.325 e. The molecule has 0 radical (unpaired) electrons. The maximum absolute atomic E-state index is 12.6. The number of amides is 1. The topological polar surface area (TPSA) is 69.0 Å². The number of nitriles is 1. The average Bonchev–Trinajstić information content (AvgIpc) is 2.70. The van der Waals surface area contributed by atoms with E-state index in [0.717, 1.165) is 61.2 Å². The number of carbonyl (C=O) groups excluding carboxylic acids is 1. The molecule has 0 atom stereocenters. The third-order valence-corrected chi connectivity index (χ3v) is 5.61. The Labute approximate surface area is 170 Å². The van der Waals surface area contributed by atoms with E-state index in [2.05, 4.69) is 28.2 Å². The van der Waals surface area contributed by atoms with Gasteiger partial charge in [0.05, 0.1) is 16.9 Å². The minimum atomic E-state index is -4.42. The zero-order chi connectivity index (χ0) is 21.0. The number of pyridine rings is 1. The van der Waals surface area contributed by atoms with E-state index < -0.39 is 11.7 Å². The largest absolute Gasteiger partial charge is 0.416 e. The molecule has 0 spiro atoms. The number of hydrogen-bond donors (Lipinski definition) is 1. The monoisotopic (exact) mass is 420 g/mol. The molecule has 1 amide bonds. The zero-order valence-corrected chi connectivity index (χ0v) is 16.5. The number of anilines is 1. The van der Waals surface area contributed by atoms with Crippen molar-refractivity contribution in [2.45, 2.75) is 31.1 Å². The highest BCUT2D eigenvalue weighted by atomic mass is 32.2. The number of carbonyl (C=O) groups is 1. The lowest BCUT2D eigenvalue weighted by atomic mass is 10.0. The number of hydrogen-bond acceptors (Lipinski definition) is 5. The number of halogens is 3. The quantitative estimate of drug-likeness (QED) is 0.739. The average molecular weight is 420 g/mol. The van der Waals surface area contributed by atoms with Crippen LogP contribution in [0.5, 0.6) is 0 Å². The summed E-state index contributed by atoms with van der Waals surface area (Å²) in [5.74, 6) is -0.377. The zero-order valence-electron chi connectivity index (χ0n) is 15.7. The molecule has 0 saturated heterocycles. The predicted molar refractivity (Wildman–Crippen MR) is 104 cm³/mol. The van der Waals surface area contributed by atoms with Crippen molar-refractivity contribution in [1.29, 1.82) is 5.26 Å². The lowest BCUT2D eigenvalue weighted by molar-refractivity contribution is -0.137. The Morgan fingerprint density at radius 1 is 1.34 bits per heavy atom. The van der Waals surface area contributed by atoms with E-state index in [0.29, 0.717) is 10.6 Å². The van der Waals surface area contributed by atoms with E-state index in [1.54, 1.807) is 0 Å². The second kappa shape index (κ2) is 8.84. The summed E-state index contributed by atoms with van der Waals surface area (Å²) >= 11 is 1.15. The number of likely N-dealkylation sites (N-methyl/N-ethyl adjacent to an activating group) is 1. The van der Waals surface area contributed by atoms with Gasteiger partial charge >= 0.3 is 6.18 Å². The first-order valence-electron chi connectivity index (χ1n) is 9.05. The van der Waals surface area contributed by atoms with E-state index >= 15 is 0 Å². The summed E-state index contributed by atoms with van der Waals surface area (Å²) in [5.41, 5.74) is 1.91. The maximum Gasteiger partial charge on any atom is 0.416 e. The first kappa shape index (κ1) is 21.1. The molecule has 1 N–H and O–H groups in total. The van der Waals surface area contributed by atoms with Gasteiger partial charge in [-0.15, -0.1) is 0 Å². The van der Waals surface area contributed by atoms with Crippen LogP contribution >= 0.6 is 11.8 Å². The summed E-state index contributed by atoms with van der Waals surface area (Å²) in [6, 6.07) is 8.22. The van der Waals surface area contributed by atoms with Crippen molar-refractivity contribution in [2.75, 3.05) is 24.2 Å². The third-order valence-electron chi connectivity index (χ3n) is 4.62. The van der Waals surface area contributed by atoms with Gasteiger partial charge in [-0.25, -0.2) is 4.98 Å². The predicted octanol–water partition coefficient (Wildman–Crippen LogP) is 4.08. The molecule has 1 aromatic heterocycles. The second-order valence-electron chi connectivity index (χ2n) is 6.59. The van der Waals surface area contributed by atoms with Crippen molar-refractivity contribution in [3.63, 3.8) is 0 Å². The molecule has 2 heterocycles. The second-order valence-corrected chi connectivity index (χ2v) is 7.55. The lowest BCUT2D eigenvalue weighted by Gasteiger charge is -2.27. The van der Waals surface area contributed by atoms with Gasteiger partial charge in [-0.1, -0.05) is 18.7 Å². The van der Waals surface area contributed by atoms with Gasteiger partial charge in [0.15, 0.2) is 0 Å². The first-order valence-corrected chi connectivity index (χ1v) is 10.0. The lowest BCUT2D eigenvalue weighted by Crippen LogP contribution is -2.31. The molecule has 9 heteroatoms. The fourth-order valence-electron chi connectivity index (χ4n) is 3.04. The molecular formula is C20H19F3N4OS. The molecule has 0 bridgehead atoms. The van der Waals surface area contributed by atoms with E-state index in [-0.39, 0.29) is 17.3 Å². The van der Waals surface area contributed by atoms with Gasteiger partial charge in [0.2, 0.25) is 5.91 Å². The Bertz CT molecular complexity index is 938. The van der Waals surface area contributed by atoms with Crippen molar-refractivity contribution < 1.29 is 18.0 Å². The molecule has 2 aromatic rings. The van der Waals surface area contributed by atoms with Crippen molar-refractivity contribution in [3.8, 4) is 6.07 Å². The number of rotatable bonds is 5. The summed E-state index contributed by atoms with van der Waals surface area (Å²) in [6.45, 7) is 4.68. The first-order chi connectivity index (χ1) is 13.8. The van der Waals surface area contributed by atoms with Gasteiger partial charge in [0, 0.05) is 30.9 Å². The SMILES string of the molecule is CCN1CCc2nc(SCC(=O)Nc3ccc(C(F)(F)F)cc3)c(C#N)cc2C1. The van der Waals surface area contributed by atoms with Crippen LogP contribution in [-0.2, 0) is 23.9 Å². The summed E-state index contributed by atoms with van der Waals surface area (Å²) in [6.07, 6.45) is -3.63. The molecule has 3 rings (SSSR count). The molecule has 0 fully saturated rings. The summed E-state index contributed by atoms with van der Waals surface area (Å²) in [4.78, 5) is 19.0. The van der Waals surface area contributed by atoms with E-state index in [1.165, 1.54) is 12.1 Å². The van der Waals surface area contributed by atoms with Crippen molar-refractivity contribution in [2.24, 2.45) is 0 Å². The van der Waals surface area contributed by atoms with Gasteiger partial charge in [-0.2, -0.15) is 18.4 Å². The molecular weight excluding hydrogens is 401 g/mol. The van der Waals surface area contributed by atoms with E-state index in [1.807, 2.05) is 6.07 Å². The number of benzene rings is 1. The van der Waals surface area contributed by atoms with Gasteiger partial charge in [0.25, 0.3) is 0 Å². The van der Waals surface area contributed by atoms with Gasteiger partial charge in [-0.3, -0.25) is 9.69 Å². The number of thioether (sulfide) groups is 1. The third kappa shape index (κ3) is 5.28. The van der Waals surface area contributed by atoms with Crippen molar-refractivity contribution in [1.82, 2.24) is 9.88 Å². The van der Waals surface area contributed by atoms with Crippen LogP contribution in [0.25, 0.3) is 0 Å². The summed E-state index contributed by atoms with van der Waals surface area (Å²) in [5, 5.41) is 12.5. The molecule has 1 aliphatic heterocycles. The highest BCUT2D eigenvalue weighted by Gasteiger charge is 2.30. The van der Waals surface area contributed by atoms with Crippen LogP contribution in [0.2, 0.25) is 0 Å². The number of aromatic nitrogens is 1. The Hall–Kier alpha value is -2.57. The Morgan fingerprint density at radius 3 is 2.69 bits per heavy atom. The Morgan fingerprint density at radius 2 is 2.07 bits per heavy atom.